The Hall–Kier alpha value is -2.96. The maximum absolute atomic E-state index is 12.9. The van der Waals surface area contributed by atoms with Gasteiger partial charge in [-0.15, -0.1) is 0 Å². The molecule has 0 spiro atoms. The molecule has 1 aromatic carbocycles. The topological polar surface area (TPSA) is 72.7 Å². The number of nitrogens with one attached hydrogen (secondary N) is 1. The third-order valence-corrected chi connectivity index (χ3v) is 3.82. The Morgan fingerprint density at radius 3 is 2.38 bits per heavy atom. The van der Waals surface area contributed by atoms with Crippen LogP contribution in [0.15, 0.2) is 33.9 Å². The van der Waals surface area contributed by atoms with Crippen LogP contribution in [0, 0.1) is 5.82 Å². The van der Waals surface area contributed by atoms with Gasteiger partial charge in [-0.1, -0.05) is 18.2 Å². The second kappa shape index (κ2) is 6.27. The van der Waals surface area contributed by atoms with Crippen molar-refractivity contribution in [2.24, 2.45) is 0 Å². The van der Waals surface area contributed by atoms with Gasteiger partial charge >= 0.3 is 5.69 Å². The molecule has 3 rings (SSSR count). The highest BCUT2D eigenvalue weighted by Gasteiger charge is 2.14. The maximum Gasteiger partial charge on any atom is 0.332 e. The molecule has 2 aromatic heterocycles. The molecule has 124 valence electrons. The van der Waals surface area contributed by atoms with E-state index >= 15 is 0 Å². The van der Waals surface area contributed by atoms with E-state index in [2.05, 4.69) is 9.97 Å². The van der Waals surface area contributed by atoms with Crippen LogP contribution in [0.1, 0.15) is 25.2 Å². The molecule has 0 bridgehead atoms. The van der Waals surface area contributed by atoms with Crippen molar-refractivity contribution >= 4 is 23.3 Å². The summed E-state index contributed by atoms with van der Waals surface area (Å²) in [6.07, 6.45) is 3.44. The molecule has 3 aromatic rings. The minimum absolute atomic E-state index is 0.299. The van der Waals surface area contributed by atoms with Gasteiger partial charge in [-0.3, -0.25) is 13.9 Å². The molecule has 0 aliphatic heterocycles. The molecule has 1 N–H and O–H groups in total. The zero-order valence-electron chi connectivity index (χ0n) is 13.4. The fourth-order valence-electron chi connectivity index (χ4n) is 2.58. The third-order valence-electron chi connectivity index (χ3n) is 3.82. The Bertz CT molecular complexity index is 1030. The maximum atomic E-state index is 12.9. The lowest BCUT2D eigenvalue weighted by Crippen LogP contribution is -2.39. The van der Waals surface area contributed by atoms with E-state index in [1.165, 1.54) is 21.3 Å². The zero-order chi connectivity index (χ0) is 17.3. The average molecular weight is 328 g/mol. The van der Waals surface area contributed by atoms with Gasteiger partial charge in [0.1, 0.15) is 17.2 Å². The number of hydrogen-bond donors (Lipinski definition) is 1. The largest absolute Gasteiger partial charge is 0.333 e. The molecule has 0 saturated carbocycles. The Labute approximate surface area is 136 Å². The molecule has 7 heteroatoms. The molecule has 0 atom stereocenters. The predicted molar refractivity (Wildman–Crippen MR) is 91.3 cm³/mol. The number of hydrogen-bond acceptors (Lipinski definition) is 3. The zero-order valence-corrected chi connectivity index (χ0v) is 13.4. The molecule has 2 heterocycles. The molecule has 6 nitrogen and oxygen atoms in total. The van der Waals surface area contributed by atoms with Gasteiger partial charge in [0.05, 0.1) is 0 Å². The molecular formula is C17H17FN4O2. The van der Waals surface area contributed by atoms with Crippen molar-refractivity contribution in [2.75, 3.05) is 0 Å². The van der Waals surface area contributed by atoms with Gasteiger partial charge in [0.2, 0.25) is 0 Å². The number of nitrogens with zero attached hydrogens (tertiary/aromatic N) is 3. The molecule has 0 radical (unpaired) electrons. The molecule has 0 unspecified atom stereocenters. The lowest BCUT2D eigenvalue weighted by atomic mass is 10.2. The highest BCUT2D eigenvalue weighted by molar-refractivity contribution is 5.75. The summed E-state index contributed by atoms with van der Waals surface area (Å²) in [5.41, 5.74) is 0.706. The van der Waals surface area contributed by atoms with Crippen LogP contribution in [-0.4, -0.2) is 19.1 Å². The van der Waals surface area contributed by atoms with Crippen molar-refractivity contribution in [1.29, 1.82) is 0 Å². The number of halogens is 1. The summed E-state index contributed by atoms with van der Waals surface area (Å²) in [6, 6.07) is 6.01. The highest BCUT2D eigenvalue weighted by atomic mass is 19.1. The SMILES string of the molecule is CCn1c(=O)c2[nH]c(/C=C/c3ccc(F)cc3)nc2n(CC)c1=O. The first kappa shape index (κ1) is 15.9. The second-order valence-electron chi connectivity index (χ2n) is 5.28. The van der Waals surface area contributed by atoms with E-state index in [0.29, 0.717) is 30.1 Å². The first-order valence-corrected chi connectivity index (χ1v) is 7.72. The number of aromatic nitrogens is 4. The van der Waals surface area contributed by atoms with E-state index in [-0.39, 0.29) is 17.1 Å². The van der Waals surface area contributed by atoms with Crippen LogP contribution in [0.5, 0.6) is 0 Å². The van der Waals surface area contributed by atoms with Crippen molar-refractivity contribution in [2.45, 2.75) is 26.9 Å². The summed E-state index contributed by atoms with van der Waals surface area (Å²) in [5.74, 6) is 0.157. The molecule has 0 fully saturated rings. The summed E-state index contributed by atoms with van der Waals surface area (Å²) in [4.78, 5) is 32.0. The highest BCUT2D eigenvalue weighted by Crippen LogP contribution is 2.10. The van der Waals surface area contributed by atoms with E-state index in [4.69, 9.17) is 0 Å². The van der Waals surface area contributed by atoms with Crippen molar-refractivity contribution < 1.29 is 4.39 Å². The van der Waals surface area contributed by atoms with Crippen LogP contribution < -0.4 is 11.2 Å². The Balaban J connectivity index is 2.11. The quantitative estimate of drug-likeness (QED) is 0.798. The Morgan fingerprint density at radius 2 is 1.75 bits per heavy atom. The van der Waals surface area contributed by atoms with Crippen molar-refractivity contribution in [3.8, 4) is 0 Å². The summed E-state index contributed by atoms with van der Waals surface area (Å²) < 4.78 is 15.6. The van der Waals surface area contributed by atoms with Gasteiger partial charge in [0, 0.05) is 13.1 Å². The normalized spacial score (nSPS) is 11.6. The fraction of sp³-hybridized carbons (Fsp3) is 0.235. The number of H-pyrrole nitrogens is 1. The minimum atomic E-state index is -0.379. The van der Waals surface area contributed by atoms with Gasteiger partial charge in [-0.05, 0) is 37.6 Å². The third kappa shape index (κ3) is 2.68. The lowest BCUT2D eigenvalue weighted by Gasteiger charge is -2.06. The van der Waals surface area contributed by atoms with Crippen molar-refractivity contribution in [3.63, 3.8) is 0 Å². The van der Waals surface area contributed by atoms with Crippen molar-refractivity contribution in [3.05, 3.63) is 62.3 Å². The summed E-state index contributed by atoms with van der Waals surface area (Å²) in [7, 11) is 0. The van der Waals surface area contributed by atoms with E-state index in [1.807, 2.05) is 6.92 Å². The molecular weight excluding hydrogens is 311 g/mol. The van der Waals surface area contributed by atoms with Crippen LogP contribution in [0.2, 0.25) is 0 Å². The summed E-state index contributed by atoms with van der Waals surface area (Å²) >= 11 is 0. The van der Waals surface area contributed by atoms with Gasteiger partial charge in [0.25, 0.3) is 5.56 Å². The van der Waals surface area contributed by atoms with Crippen molar-refractivity contribution in [1.82, 2.24) is 19.1 Å². The number of aryl methyl sites for hydroxylation is 1. The first-order valence-electron chi connectivity index (χ1n) is 7.72. The molecule has 0 aliphatic carbocycles. The molecule has 0 amide bonds. The minimum Gasteiger partial charge on any atom is -0.333 e. The number of imidazole rings is 1. The first-order chi connectivity index (χ1) is 11.5. The fourth-order valence-corrected chi connectivity index (χ4v) is 2.58. The lowest BCUT2D eigenvalue weighted by molar-refractivity contribution is 0.605. The monoisotopic (exact) mass is 328 g/mol. The number of aromatic amines is 1. The Morgan fingerprint density at radius 1 is 1.08 bits per heavy atom. The van der Waals surface area contributed by atoms with Gasteiger partial charge in [-0.2, -0.15) is 0 Å². The van der Waals surface area contributed by atoms with E-state index in [1.54, 1.807) is 31.2 Å². The van der Waals surface area contributed by atoms with Crippen LogP contribution in [0.25, 0.3) is 23.3 Å². The molecule has 0 saturated heterocycles. The number of fused-ring (bicyclic) bond motifs is 1. The van der Waals surface area contributed by atoms with Crippen LogP contribution >= 0.6 is 0 Å². The molecule has 0 aliphatic rings. The molecule has 24 heavy (non-hydrogen) atoms. The van der Waals surface area contributed by atoms with Crippen LogP contribution in [0.3, 0.4) is 0 Å². The average Bonchev–Trinajstić information content (AvgIpc) is 2.99. The van der Waals surface area contributed by atoms with E-state index in [0.717, 1.165) is 5.56 Å². The standard InChI is InChI=1S/C17H17FN4O2/c1-3-21-15-14(16(23)22(4-2)17(21)24)19-13(20-15)10-7-11-5-8-12(18)9-6-11/h5-10H,3-4H2,1-2H3,(H,19,20)/b10-7+. The summed E-state index contributed by atoms with van der Waals surface area (Å²) in [5, 5.41) is 0. The number of benzene rings is 1. The van der Waals surface area contributed by atoms with Crippen LogP contribution in [-0.2, 0) is 13.1 Å². The van der Waals surface area contributed by atoms with Gasteiger partial charge in [0.15, 0.2) is 5.65 Å². The van der Waals surface area contributed by atoms with Crippen LogP contribution in [0.4, 0.5) is 4.39 Å². The smallest absolute Gasteiger partial charge is 0.332 e. The predicted octanol–water partition coefficient (Wildman–Crippen LogP) is 2.24. The van der Waals surface area contributed by atoms with E-state index in [9.17, 15) is 14.0 Å². The number of rotatable bonds is 4. The summed E-state index contributed by atoms with van der Waals surface area (Å²) in [6.45, 7) is 4.29. The van der Waals surface area contributed by atoms with E-state index < -0.39 is 0 Å². The Kier molecular flexibility index (Phi) is 4.16. The van der Waals surface area contributed by atoms with Gasteiger partial charge in [-0.25, -0.2) is 14.2 Å². The second-order valence-corrected chi connectivity index (χ2v) is 5.28. The van der Waals surface area contributed by atoms with Gasteiger partial charge < -0.3 is 4.98 Å².